The number of benzene rings is 1. The molecule has 1 aromatic carbocycles. The highest BCUT2D eigenvalue weighted by Crippen LogP contribution is 2.37. The molecule has 0 aliphatic heterocycles. The molecule has 0 aliphatic carbocycles. The van der Waals surface area contributed by atoms with Gasteiger partial charge in [-0.25, -0.2) is 0 Å². The van der Waals surface area contributed by atoms with Crippen LogP contribution in [0.5, 0.6) is 0 Å². The molecule has 0 saturated heterocycles. The highest BCUT2D eigenvalue weighted by Gasteiger charge is 2.33. The Hall–Kier alpha value is -0.550. The van der Waals surface area contributed by atoms with E-state index in [2.05, 4.69) is 22.6 Å². The summed E-state index contributed by atoms with van der Waals surface area (Å²) in [5, 5.41) is 0.678. The summed E-state index contributed by atoms with van der Waals surface area (Å²) in [6, 6.07) is 7.42. The van der Waals surface area contributed by atoms with E-state index in [9.17, 15) is 4.79 Å². The van der Waals surface area contributed by atoms with Crippen LogP contribution >= 0.6 is 34.2 Å². The van der Waals surface area contributed by atoms with E-state index in [0.29, 0.717) is 5.02 Å². The lowest BCUT2D eigenvalue weighted by molar-refractivity contribution is -0.147. The van der Waals surface area contributed by atoms with Gasteiger partial charge in [-0.15, -0.1) is 0 Å². The van der Waals surface area contributed by atoms with Gasteiger partial charge in [-0.1, -0.05) is 46.3 Å². The molecule has 0 bridgehead atoms. The number of carbonyl (C=O) groups is 1. The fraction of sp³-hybridized carbons (Fsp3) is 0.308. The van der Waals surface area contributed by atoms with Crippen molar-refractivity contribution in [3.63, 3.8) is 0 Å². The lowest BCUT2D eigenvalue weighted by Crippen LogP contribution is -2.27. The van der Waals surface area contributed by atoms with Gasteiger partial charge in [0.1, 0.15) is 0 Å². The second kappa shape index (κ2) is 5.87. The van der Waals surface area contributed by atoms with E-state index >= 15 is 0 Å². The van der Waals surface area contributed by atoms with E-state index in [0.717, 1.165) is 11.1 Å². The summed E-state index contributed by atoms with van der Waals surface area (Å²) < 4.78 is 6.73. The molecule has 0 radical (unpaired) electrons. The second-order valence-corrected chi connectivity index (χ2v) is 5.21. The number of esters is 1. The molecule has 0 spiro atoms. The maximum atomic E-state index is 11.8. The summed E-state index contributed by atoms with van der Waals surface area (Å²) in [5.41, 5.74) is 1.21. The average molecular weight is 365 g/mol. The van der Waals surface area contributed by atoms with Crippen molar-refractivity contribution in [2.24, 2.45) is 5.41 Å². The molecule has 0 heterocycles. The van der Waals surface area contributed by atoms with Crippen LogP contribution in [0.25, 0.3) is 5.57 Å². The Balaban J connectivity index is 3.17. The first-order chi connectivity index (χ1) is 7.93. The molecule has 0 aliphatic rings. The summed E-state index contributed by atoms with van der Waals surface area (Å²) >= 11 is 7.98. The number of hydrogen-bond acceptors (Lipinski definition) is 2. The van der Waals surface area contributed by atoms with Crippen molar-refractivity contribution in [1.29, 1.82) is 0 Å². The van der Waals surface area contributed by atoms with Crippen LogP contribution in [0.4, 0.5) is 0 Å². The lowest BCUT2D eigenvalue weighted by atomic mass is 9.81. The van der Waals surface area contributed by atoms with Crippen LogP contribution in [0.2, 0.25) is 5.02 Å². The van der Waals surface area contributed by atoms with Gasteiger partial charge < -0.3 is 4.74 Å². The zero-order valence-corrected chi connectivity index (χ0v) is 12.9. The van der Waals surface area contributed by atoms with Crippen LogP contribution in [0.3, 0.4) is 0 Å². The predicted molar refractivity (Wildman–Crippen MR) is 79.2 cm³/mol. The first-order valence-electron chi connectivity index (χ1n) is 5.08. The van der Waals surface area contributed by atoms with Gasteiger partial charge in [0.2, 0.25) is 0 Å². The Labute approximate surface area is 120 Å². The van der Waals surface area contributed by atoms with Crippen LogP contribution in [0, 0.1) is 5.41 Å². The number of rotatable bonds is 3. The monoisotopic (exact) mass is 364 g/mol. The van der Waals surface area contributed by atoms with Gasteiger partial charge in [0.15, 0.2) is 0 Å². The van der Waals surface area contributed by atoms with Crippen molar-refractivity contribution in [3.05, 3.63) is 38.9 Å². The van der Waals surface area contributed by atoms with E-state index in [1.807, 2.05) is 42.2 Å². The van der Waals surface area contributed by atoms with Crippen LogP contribution in [-0.4, -0.2) is 13.1 Å². The number of methoxy groups -OCH3 is 1. The normalized spacial score (nSPS) is 12.4. The highest BCUT2D eigenvalue weighted by molar-refractivity contribution is 14.1. The van der Waals surface area contributed by atoms with Crippen LogP contribution in [-0.2, 0) is 9.53 Å². The zero-order chi connectivity index (χ0) is 13.1. The molecular formula is C13H14ClIO2. The third kappa shape index (κ3) is 3.22. The molecule has 1 aromatic rings. The molecule has 0 atom stereocenters. The van der Waals surface area contributed by atoms with Gasteiger partial charge in [-0.05, 0) is 41.2 Å². The van der Waals surface area contributed by atoms with Crippen LogP contribution in [0.15, 0.2) is 28.3 Å². The summed E-state index contributed by atoms with van der Waals surface area (Å²) in [5.74, 6) is -0.254. The van der Waals surface area contributed by atoms with Gasteiger partial charge in [0.25, 0.3) is 0 Å². The third-order valence-electron chi connectivity index (χ3n) is 2.63. The molecule has 4 heteroatoms. The summed E-state index contributed by atoms with van der Waals surface area (Å²) in [4.78, 5) is 11.8. The van der Waals surface area contributed by atoms with E-state index < -0.39 is 5.41 Å². The quantitative estimate of drug-likeness (QED) is 0.590. The molecule has 92 valence electrons. The predicted octanol–water partition coefficient (Wildman–Crippen LogP) is 4.32. The summed E-state index contributed by atoms with van der Waals surface area (Å²) in [6.07, 6.45) is 0. The molecule has 0 aromatic heterocycles. The van der Waals surface area contributed by atoms with Gasteiger partial charge in [-0.3, -0.25) is 4.79 Å². The zero-order valence-electron chi connectivity index (χ0n) is 9.96. The van der Waals surface area contributed by atoms with Gasteiger partial charge >= 0.3 is 5.97 Å². The second-order valence-electron chi connectivity index (χ2n) is 4.15. The minimum Gasteiger partial charge on any atom is -0.468 e. The van der Waals surface area contributed by atoms with E-state index in [-0.39, 0.29) is 5.97 Å². The molecule has 1 rings (SSSR count). The third-order valence-corrected chi connectivity index (χ3v) is 3.51. The highest BCUT2D eigenvalue weighted by atomic mass is 127. The van der Waals surface area contributed by atoms with Crippen molar-refractivity contribution < 1.29 is 9.53 Å². The number of hydrogen-bond donors (Lipinski definition) is 0. The molecule has 0 saturated carbocycles. The smallest absolute Gasteiger partial charge is 0.315 e. The standard InChI is InChI=1S/C13H14ClIO2/c1-13(2,12(16)17-3)11(8-15)9-4-6-10(14)7-5-9/h4-8H,1-3H3/b11-8+. The SMILES string of the molecule is COC(=O)C(C)(C)/C(=C/I)c1ccc(Cl)cc1. The summed E-state index contributed by atoms with van der Waals surface area (Å²) in [7, 11) is 1.40. The van der Waals surface area contributed by atoms with Crippen molar-refractivity contribution in [2.45, 2.75) is 13.8 Å². The average Bonchev–Trinajstić information content (AvgIpc) is 2.31. The molecule has 17 heavy (non-hydrogen) atoms. The molecule has 0 unspecified atom stereocenters. The van der Waals surface area contributed by atoms with E-state index in [4.69, 9.17) is 16.3 Å². The minimum atomic E-state index is -0.677. The topological polar surface area (TPSA) is 26.3 Å². The maximum Gasteiger partial charge on any atom is 0.315 e. The first kappa shape index (κ1) is 14.5. The summed E-state index contributed by atoms with van der Waals surface area (Å²) in [6.45, 7) is 3.69. The molecular weight excluding hydrogens is 350 g/mol. The Kier molecular flexibility index (Phi) is 5.01. The van der Waals surface area contributed by atoms with Crippen molar-refractivity contribution in [1.82, 2.24) is 0 Å². The van der Waals surface area contributed by atoms with Gasteiger partial charge in [0, 0.05) is 5.02 Å². The van der Waals surface area contributed by atoms with Crippen molar-refractivity contribution in [3.8, 4) is 0 Å². The largest absolute Gasteiger partial charge is 0.468 e. The van der Waals surface area contributed by atoms with E-state index in [1.54, 1.807) is 0 Å². The number of carbonyl (C=O) groups excluding carboxylic acids is 1. The molecule has 2 nitrogen and oxygen atoms in total. The van der Waals surface area contributed by atoms with Gasteiger partial charge in [-0.2, -0.15) is 0 Å². The van der Waals surface area contributed by atoms with Crippen LogP contribution < -0.4 is 0 Å². The van der Waals surface area contributed by atoms with Crippen LogP contribution in [0.1, 0.15) is 19.4 Å². The van der Waals surface area contributed by atoms with Crippen molar-refractivity contribution in [2.75, 3.05) is 7.11 Å². The lowest BCUT2D eigenvalue weighted by Gasteiger charge is -2.25. The Morgan fingerprint density at radius 1 is 1.35 bits per heavy atom. The molecule has 0 N–H and O–H groups in total. The fourth-order valence-electron chi connectivity index (χ4n) is 1.55. The number of halogens is 2. The molecule has 0 amide bonds. The Morgan fingerprint density at radius 3 is 2.29 bits per heavy atom. The fourth-order valence-corrected chi connectivity index (χ4v) is 2.82. The maximum absolute atomic E-state index is 11.8. The first-order valence-corrected chi connectivity index (χ1v) is 6.71. The van der Waals surface area contributed by atoms with Gasteiger partial charge in [0.05, 0.1) is 12.5 Å². The van der Waals surface area contributed by atoms with E-state index in [1.165, 1.54) is 7.11 Å². The minimum absolute atomic E-state index is 0.254. The number of ether oxygens (including phenoxy) is 1. The Morgan fingerprint density at radius 2 is 1.88 bits per heavy atom. The molecule has 0 fully saturated rings. The van der Waals surface area contributed by atoms with Crippen molar-refractivity contribution >= 4 is 45.7 Å². The Bertz CT molecular complexity index is 435.